The quantitative estimate of drug-likeness (QED) is 0.775. The molecule has 0 fully saturated rings. The number of ether oxygens (including phenoxy) is 1. The van der Waals surface area contributed by atoms with E-state index in [4.69, 9.17) is 4.74 Å². The zero-order valence-electron chi connectivity index (χ0n) is 12.1. The lowest BCUT2D eigenvalue weighted by Gasteiger charge is -2.20. The second-order valence-corrected chi connectivity index (χ2v) is 6.97. The summed E-state index contributed by atoms with van der Waals surface area (Å²) in [5.41, 5.74) is -0.0802. The van der Waals surface area contributed by atoms with Crippen LogP contribution in [0.3, 0.4) is 0 Å². The van der Waals surface area contributed by atoms with Gasteiger partial charge in [0, 0.05) is 11.5 Å². The van der Waals surface area contributed by atoms with Crippen LogP contribution in [0.1, 0.15) is 53.8 Å². The van der Waals surface area contributed by atoms with Crippen molar-refractivity contribution >= 4 is 15.9 Å². The van der Waals surface area contributed by atoms with Gasteiger partial charge in [-0.2, -0.15) is 4.98 Å². The number of rotatable bonds is 4. The lowest BCUT2D eigenvalue weighted by atomic mass is 9.96. The Balaban J connectivity index is 2.87. The summed E-state index contributed by atoms with van der Waals surface area (Å²) < 4.78 is 6.63. The van der Waals surface area contributed by atoms with Crippen LogP contribution in [0.25, 0.3) is 0 Å². The van der Waals surface area contributed by atoms with E-state index in [0.29, 0.717) is 11.8 Å². The van der Waals surface area contributed by atoms with Crippen LogP contribution in [0.2, 0.25) is 0 Å². The van der Waals surface area contributed by atoms with Gasteiger partial charge in [-0.05, 0) is 35.2 Å². The van der Waals surface area contributed by atoms with Crippen LogP contribution in [0, 0.1) is 5.92 Å². The highest BCUT2D eigenvalue weighted by molar-refractivity contribution is 9.10. The van der Waals surface area contributed by atoms with Crippen molar-refractivity contribution in [2.75, 3.05) is 0 Å². The van der Waals surface area contributed by atoms with Gasteiger partial charge in [0.15, 0.2) is 0 Å². The van der Waals surface area contributed by atoms with Crippen LogP contribution >= 0.6 is 15.9 Å². The average molecular weight is 315 g/mol. The van der Waals surface area contributed by atoms with Crippen molar-refractivity contribution in [3.05, 3.63) is 16.5 Å². The summed E-state index contributed by atoms with van der Waals surface area (Å²) in [5, 5.41) is 0. The molecule has 0 amide bonds. The van der Waals surface area contributed by atoms with Gasteiger partial charge in [-0.25, -0.2) is 4.98 Å². The van der Waals surface area contributed by atoms with E-state index < -0.39 is 0 Å². The van der Waals surface area contributed by atoms with E-state index in [1.807, 2.05) is 6.07 Å². The molecule has 1 rings (SSSR count). The van der Waals surface area contributed by atoms with Crippen LogP contribution in [0.15, 0.2) is 10.7 Å². The average Bonchev–Trinajstić information content (AvgIpc) is 2.13. The molecule has 0 aliphatic rings. The van der Waals surface area contributed by atoms with Crippen LogP contribution in [-0.4, -0.2) is 16.1 Å². The van der Waals surface area contributed by atoms with Gasteiger partial charge in [0.1, 0.15) is 10.4 Å². The third-order valence-corrected chi connectivity index (χ3v) is 2.87. The van der Waals surface area contributed by atoms with Gasteiger partial charge in [-0.3, -0.25) is 0 Å². The molecular formula is C14H23BrN2O. The van der Waals surface area contributed by atoms with Crippen molar-refractivity contribution in [3.8, 4) is 5.88 Å². The molecule has 3 nitrogen and oxygen atoms in total. The summed E-state index contributed by atoms with van der Waals surface area (Å²) in [5.74, 6) is 2.06. The monoisotopic (exact) mass is 314 g/mol. The highest BCUT2D eigenvalue weighted by atomic mass is 79.9. The Morgan fingerprint density at radius 1 is 1.22 bits per heavy atom. The molecule has 0 saturated carbocycles. The van der Waals surface area contributed by atoms with Crippen LogP contribution < -0.4 is 4.74 Å². The first kappa shape index (κ1) is 15.4. The largest absolute Gasteiger partial charge is 0.475 e. The first-order valence-electron chi connectivity index (χ1n) is 6.40. The van der Waals surface area contributed by atoms with Crippen molar-refractivity contribution in [2.45, 2.75) is 59.5 Å². The normalized spacial score (nSPS) is 13.8. The van der Waals surface area contributed by atoms with Gasteiger partial charge in [-0.15, -0.1) is 0 Å². The Bertz CT molecular complexity index is 399. The van der Waals surface area contributed by atoms with E-state index in [0.717, 1.165) is 16.8 Å². The standard InChI is InChI=1S/C14H23BrN2O/c1-9(2)7-10(3)18-12-8-11(15)16-13(17-12)14(4,5)6/h8-10H,7H2,1-6H3. The molecule has 0 aliphatic carbocycles. The molecule has 4 heteroatoms. The number of nitrogens with zero attached hydrogens (tertiary/aromatic N) is 2. The molecule has 0 N–H and O–H groups in total. The lowest BCUT2D eigenvalue weighted by molar-refractivity contribution is 0.184. The summed E-state index contributed by atoms with van der Waals surface area (Å²) in [6, 6.07) is 1.83. The maximum atomic E-state index is 5.86. The second-order valence-electron chi connectivity index (χ2n) is 6.16. The fraction of sp³-hybridized carbons (Fsp3) is 0.714. The Labute approximate surface area is 119 Å². The summed E-state index contributed by atoms with van der Waals surface area (Å²) in [7, 11) is 0. The molecule has 0 bridgehead atoms. The maximum absolute atomic E-state index is 5.86. The minimum Gasteiger partial charge on any atom is -0.475 e. The number of halogens is 1. The number of aromatic nitrogens is 2. The lowest BCUT2D eigenvalue weighted by Crippen LogP contribution is -2.19. The molecule has 0 radical (unpaired) electrons. The molecule has 1 atom stereocenters. The van der Waals surface area contributed by atoms with E-state index in [2.05, 4.69) is 67.4 Å². The third-order valence-electron chi connectivity index (χ3n) is 2.47. The number of hydrogen-bond donors (Lipinski definition) is 0. The smallest absolute Gasteiger partial charge is 0.218 e. The molecule has 1 heterocycles. The Hall–Kier alpha value is -0.640. The highest BCUT2D eigenvalue weighted by Crippen LogP contribution is 2.24. The maximum Gasteiger partial charge on any atom is 0.218 e. The SMILES string of the molecule is CC(C)CC(C)Oc1cc(Br)nc(C(C)(C)C)n1. The van der Waals surface area contributed by atoms with Gasteiger partial charge >= 0.3 is 0 Å². The van der Waals surface area contributed by atoms with Gasteiger partial charge in [-0.1, -0.05) is 34.6 Å². The topological polar surface area (TPSA) is 35.0 Å². The van der Waals surface area contributed by atoms with Crippen LogP contribution in [0.4, 0.5) is 0 Å². The Morgan fingerprint density at radius 2 is 1.83 bits per heavy atom. The molecule has 0 spiro atoms. The van der Waals surface area contributed by atoms with E-state index in [1.54, 1.807) is 0 Å². The molecular weight excluding hydrogens is 292 g/mol. The second kappa shape index (κ2) is 6.00. The summed E-state index contributed by atoms with van der Waals surface area (Å²) >= 11 is 3.42. The summed E-state index contributed by atoms with van der Waals surface area (Å²) in [6.07, 6.45) is 1.19. The van der Waals surface area contributed by atoms with Gasteiger partial charge < -0.3 is 4.74 Å². The van der Waals surface area contributed by atoms with Gasteiger partial charge in [0.25, 0.3) is 0 Å². The molecule has 1 aromatic heterocycles. The summed E-state index contributed by atoms with van der Waals surface area (Å²) in [6.45, 7) is 12.7. The minimum absolute atomic E-state index is 0.0802. The van der Waals surface area contributed by atoms with Gasteiger partial charge in [0.2, 0.25) is 5.88 Å². The Morgan fingerprint density at radius 3 is 2.33 bits per heavy atom. The molecule has 0 saturated heterocycles. The van der Waals surface area contributed by atoms with Gasteiger partial charge in [0.05, 0.1) is 6.10 Å². The first-order valence-corrected chi connectivity index (χ1v) is 7.19. The molecule has 1 aromatic rings. The molecule has 0 aliphatic heterocycles. The number of hydrogen-bond acceptors (Lipinski definition) is 3. The van der Waals surface area contributed by atoms with E-state index in [1.165, 1.54) is 0 Å². The van der Waals surface area contributed by atoms with Crippen LogP contribution in [-0.2, 0) is 5.41 Å². The Kier molecular flexibility index (Phi) is 5.14. The van der Waals surface area contributed by atoms with E-state index in [9.17, 15) is 0 Å². The minimum atomic E-state index is -0.0802. The third kappa shape index (κ3) is 4.92. The molecule has 18 heavy (non-hydrogen) atoms. The zero-order chi connectivity index (χ0) is 13.9. The predicted molar refractivity (Wildman–Crippen MR) is 78.0 cm³/mol. The van der Waals surface area contributed by atoms with Crippen molar-refractivity contribution in [2.24, 2.45) is 5.92 Å². The molecule has 1 unspecified atom stereocenters. The summed E-state index contributed by atoms with van der Waals surface area (Å²) in [4.78, 5) is 8.89. The first-order chi connectivity index (χ1) is 8.18. The highest BCUT2D eigenvalue weighted by Gasteiger charge is 2.19. The van der Waals surface area contributed by atoms with Crippen LogP contribution in [0.5, 0.6) is 5.88 Å². The molecule has 0 aromatic carbocycles. The van der Waals surface area contributed by atoms with Crippen molar-refractivity contribution in [3.63, 3.8) is 0 Å². The van der Waals surface area contributed by atoms with Crippen molar-refractivity contribution in [1.29, 1.82) is 0 Å². The van der Waals surface area contributed by atoms with E-state index >= 15 is 0 Å². The fourth-order valence-corrected chi connectivity index (χ4v) is 2.07. The van der Waals surface area contributed by atoms with Crippen molar-refractivity contribution in [1.82, 2.24) is 9.97 Å². The molecule has 102 valence electrons. The predicted octanol–water partition coefficient (Wildman–Crippen LogP) is 4.35. The van der Waals surface area contributed by atoms with Crippen molar-refractivity contribution < 1.29 is 4.74 Å². The zero-order valence-corrected chi connectivity index (χ0v) is 13.7. The van der Waals surface area contributed by atoms with E-state index in [-0.39, 0.29) is 11.5 Å². The fourth-order valence-electron chi connectivity index (χ4n) is 1.71.